The SMILES string of the molecule is COc1ccc(-c2csc(CN3CCN(C(C)=O)CC3)n2)cc1F. The molecule has 5 nitrogen and oxygen atoms in total. The molecule has 1 saturated heterocycles. The molecule has 1 aliphatic rings. The van der Waals surface area contributed by atoms with Crippen molar-refractivity contribution in [3.05, 3.63) is 34.4 Å². The summed E-state index contributed by atoms with van der Waals surface area (Å²) >= 11 is 1.57. The highest BCUT2D eigenvalue weighted by atomic mass is 32.1. The van der Waals surface area contributed by atoms with Crippen molar-refractivity contribution in [2.75, 3.05) is 33.3 Å². The van der Waals surface area contributed by atoms with E-state index in [0.29, 0.717) is 0 Å². The number of piperazine rings is 1. The van der Waals surface area contributed by atoms with Crippen molar-refractivity contribution in [2.24, 2.45) is 0 Å². The summed E-state index contributed by atoms with van der Waals surface area (Å²) in [6.45, 7) is 5.59. The van der Waals surface area contributed by atoms with Gasteiger partial charge in [-0.15, -0.1) is 11.3 Å². The van der Waals surface area contributed by atoms with Gasteiger partial charge in [0.05, 0.1) is 19.3 Å². The number of nitrogens with zero attached hydrogens (tertiary/aromatic N) is 3. The fourth-order valence-electron chi connectivity index (χ4n) is 2.75. The minimum Gasteiger partial charge on any atom is -0.494 e. The normalized spacial score (nSPS) is 15.5. The molecule has 0 radical (unpaired) electrons. The van der Waals surface area contributed by atoms with E-state index in [-0.39, 0.29) is 17.5 Å². The van der Waals surface area contributed by atoms with Crippen molar-refractivity contribution in [1.29, 1.82) is 0 Å². The van der Waals surface area contributed by atoms with Crippen LogP contribution in [0.2, 0.25) is 0 Å². The van der Waals surface area contributed by atoms with E-state index < -0.39 is 0 Å². The number of carbonyl (C=O) groups excluding carboxylic acids is 1. The van der Waals surface area contributed by atoms with Crippen molar-refractivity contribution >= 4 is 17.2 Å². The van der Waals surface area contributed by atoms with Crippen LogP contribution in [0.15, 0.2) is 23.6 Å². The van der Waals surface area contributed by atoms with E-state index >= 15 is 0 Å². The first kappa shape index (κ1) is 16.9. The lowest BCUT2D eigenvalue weighted by Crippen LogP contribution is -2.47. The molecule has 24 heavy (non-hydrogen) atoms. The predicted molar refractivity (Wildman–Crippen MR) is 91.6 cm³/mol. The van der Waals surface area contributed by atoms with Crippen LogP contribution in [0.4, 0.5) is 4.39 Å². The molecule has 0 aliphatic carbocycles. The van der Waals surface area contributed by atoms with Crippen LogP contribution in [0.3, 0.4) is 0 Å². The molecule has 0 unspecified atom stereocenters. The molecule has 1 aliphatic heterocycles. The van der Waals surface area contributed by atoms with Gasteiger partial charge >= 0.3 is 0 Å². The number of halogens is 1. The van der Waals surface area contributed by atoms with E-state index in [0.717, 1.165) is 49.0 Å². The van der Waals surface area contributed by atoms with Crippen LogP contribution >= 0.6 is 11.3 Å². The number of hydrogen-bond donors (Lipinski definition) is 0. The molecule has 7 heteroatoms. The molecule has 1 fully saturated rings. The highest BCUT2D eigenvalue weighted by molar-refractivity contribution is 7.09. The Morgan fingerprint density at radius 2 is 2.08 bits per heavy atom. The van der Waals surface area contributed by atoms with Gasteiger partial charge in [-0.05, 0) is 18.2 Å². The quantitative estimate of drug-likeness (QED) is 0.851. The van der Waals surface area contributed by atoms with Gasteiger partial charge in [-0.25, -0.2) is 9.37 Å². The van der Waals surface area contributed by atoms with Gasteiger partial charge < -0.3 is 9.64 Å². The van der Waals surface area contributed by atoms with Gasteiger partial charge in [0.1, 0.15) is 5.01 Å². The summed E-state index contributed by atoms with van der Waals surface area (Å²) in [6.07, 6.45) is 0. The lowest BCUT2D eigenvalue weighted by atomic mass is 10.1. The summed E-state index contributed by atoms with van der Waals surface area (Å²) in [5, 5.41) is 2.94. The maximum atomic E-state index is 13.8. The summed E-state index contributed by atoms with van der Waals surface area (Å²) in [5.41, 5.74) is 1.52. The van der Waals surface area contributed by atoms with E-state index in [1.807, 2.05) is 16.3 Å². The number of thiazole rings is 1. The van der Waals surface area contributed by atoms with Crippen molar-refractivity contribution < 1.29 is 13.9 Å². The molecule has 3 rings (SSSR count). The number of hydrogen-bond acceptors (Lipinski definition) is 5. The zero-order chi connectivity index (χ0) is 17.1. The highest BCUT2D eigenvalue weighted by Crippen LogP contribution is 2.27. The lowest BCUT2D eigenvalue weighted by Gasteiger charge is -2.33. The van der Waals surface area contributed by atoms with Crippen molar-refractivity contribution in [3.63, 3.8) is 0 Å². The zero-order valence-corrected chi connectivity index (χ0v) is 14.6. The molecule has 128 valence electrons. The average Bonchev–Trinajstić information content (AvgIpc) is 3.04. The van der Waals surface area contributed by atoms with Gasteiger partial charge in [0.2, 0.25) is 5.91 Å². The Balaban J connectivity index is 1.64. The fraction of sp³-hybridized carbons (Fsp3) is 0.412. The highest BCUT2D eigenvalue weighted by Gasteiger charge is 2.19. The Bertz CT molecular complexity index is 726. The smallest absolute Gasteiger partial charge is 0.219 e. The molecule has 0 spiro atoms. The van der Waals surface area contributed by atoms with Gasteiger partial charge in [-0.3, -0.25) is 9.69 Å². The van der Waals surface area contributed by atoms with Gasteiger partial charge in [0.25, 0.3) is 0 Å². The molecule has 2 heterocycles. The van der Waals surface area contributed by atoms with Gasteiger partial charge in [0, 0.05) is 44.0 Å². The summed E-state index contributed by atoms with van der Waals surface area (Å²) in [4.78, 5) is 20.1. The number of amides is 1. The number of aromatic nitrogens is 1. The van der Waals surface area contributed by atoms with Crippen LogP contribution in [-0.4, -0.2) is 54.0 Å². The molecular weight excluding hydrogens is 329 g/mol. The molecule has 2 aromatic rings. The fourth-order valence-corrected chi connectivity index (χ4v) is 3.60. The lowest BCUT2D eigenvalue weighted by molar-refractivity contribution is -0.130. The van der Waals surface area contributed by atoms with Crippen LogP contribution in [0, 0.1) is 5.82 Å². The molecular formula is C17H20FN3O2S. The second-order valence-electron chi connectivity index (χ2n) is 5.76. The molecule has 1 aromatic heterocycles. The molecule has 0 saturated carbocycles. The second kappa shape index (κ2) is 7.27. The van der Waals surface area contributed by atoms with Crippen LogP contribution in [0.5, 0.6) is 5.75 Å². The number of methoxy groups -OCH3 is 1. The van der Waals surface area contributed by atoms with Crippen LogP contribution in [0.25, 0.3) is 11.3 Å². The summed E-state index contributed by atoms with van der Waals surface area (Å²) in [7, 11) is 1.45. The Hall–Kier alpha value is -1.99. The minimum atomic E-state index is -0.384. The average molecular weight is 349 g/mol. The maximum Gasteiger partial charge on any atom is 0.219 e. The summed E-state index contributed by atoms with van der Waals surface area (Å²) < 4.78 is 18.8. The first-order valence-corrected chi connectivity index (χ1v) is 8.71. The second-order valence-corrected chi connectivity index (χ2v) is 6.70. The van der Waals surface area contributed by atoms with E-state index in [9.17, 15) is 9.18 Å². The minimum absolute atomic E-state index is 0.132. The van der Waals surface area contributed by atoms with E-state index in [1.165, 1.54) is 13.2 Å². The Morgan fingerprint density at radius 3 is 2.71 bits per heavy atom. The van der Waals surface area contributed by atoms with Gasteiger partial charge in [0.15, 0.2) is 11.6 Å². The van der Waals surface area contributed by atoms with Crippen molar-refractivity contribution in [3.8, 4) is 17.0 Å². The Morgan fingerprint density at radius 1 is 1.33 bits per heavy atom. The van der Waals surface area contributed by atoms with Crippen LogP contribution in [-0.2, 0) is 11.3 Å². The Kier molecular flexibility index (Phi) is 5.11. The monoisotopic (exact) mass is 349 g/mol. The van der Waals surface area contributed by atoms with E-state index in [1.54, 1.807) is 24.3 Å². The number of benzene rings is 1. The summed E-state index contributed by atoms with van der Waals surface area (Å²) in [6, 6.07) is 4.88. The number of carbonyl (C=O) groups is 1. The molecule has 0 atom stereocenters. The van der Waals surface area contributed by atoms with Gasteiger partial charge in [-0.1, -0.05) is 0 Å². The standard InChI is InChI=1S/C17H20FN3O2S/c1-12(22)21-7-5-20(6-8-21)10-17-19-15(11-24-17)13-3-4-16(23-2)14(18)9-13/h3-4,9,11H,5-8,10H2,1-2H3. The predicted octanol–water partition coefficient (Wildman–Crippen LogP) is 2.62. The van der Waals surface area contributed by atoms with Crippen LogP contribution in [0.1, 0.15) is 11.9 Å². The van der Waals surface area contributed by atoms with Crippen molar-refractivity contribution in [2.45, 2.75) is 13.5 Å². The number of rotatable bonds is 4. The third-order valence-corrected chi connectivity index (χ3v) is 5.01. The van der Waals surface area contributed by atoms with E-state index in [4.69, 9.17) is 4.74 Å². The van der Waals surface area contributed by atoms with Crippen LogP contribution < -0.4 is 4.74 Å². The molecule has 1 aromatic carbocycles. The third kappa shape index (κ3) is 3.73. The first-order valence-electron chi connectivity index (χ1n) is 7.83. The number of ether oxygens (including phenoxy) is 1. The van der Waals surface area contributed by atoms with Crippen molar-refractivity contribution in [1.82, 2.24) is 14.8 Å². The molecule has 1 amide bonds. The first-order chi connectivity index (χ1) is 11.6. The van der Waals surface area contributed by atoms with Gasteiger partial charge in [-0.2, -0.15) is 0 Å². The topological polar surface area (TPSA) is 45.7 Å². The largest absolute Gasteiger partial charge is 0.494 e. The summed E-state index contributed by atoms with van der Waals surface area (Å²) in [5.74, 6) is -0.0184. The van der Waals surface area contributed by atoms with E-state index in [2.05, 4.69) is 9.88 Å². The Labute approximate surface area is 144 Å². The molecule has 0 bridgehead atoms. The third-order valence-electron chi connectivity index (χ3n) is 4.18. The molecule has 0 N–H and O–H groups in total. The zero-order valence-electron chi connectivity index (χ0n) is 13.8. The maximum absolute atomic E-state index is 13.8.